The fraction of sp³-hybridized carbons (Fsp3) is 0.154. The Labute approximate surface area is 204 Å². The summed E-state index contributed by atoms with van der Waals surface area (Å²) in [5, 5.41) is 9.55. The van der Waals surface area contributed by atoms with Crippen LogP contribution in [-0.4, -0.2) is 23.4 Å². The van der Waals surface area contributed by atoms with Crippen LogP contribution in [-0.2, 0) is 11.2 Å². The number of carboxylic acid groups (broad SMARTS) is 1. The Morgan fingerprint density at radius 2 is 1.47 bits per heavy atom. The van der Waals surface area contributed by atoms with Crippen LogP contribution in [0.25, 0.3) is 6.08 Å². The van der Waals surface area contributed by atoms with Gasteiger partial charge in [-0.3, -0.25) is 0 Å². The SMILES string of the molecule is Nc1cc(N)cc(CCC/C(=C\c2ccc(OC(=O)c3ccc(OC(F)(F)F)cc3)cc2)C(=O)O)c1. The molecule has 0 bridgehead atoms. The van der Waals surface area contributed by atoms with Gasteiger partial charge in [0, 0.05) is 16.9 Å². The third kappa shape index (κ3) is 8.08. The number of carboxylic acids is 1. The summed E-state index contributed by atoms with van der Waals surface area (Å²) in [4.78, 5) is 23.9. The molecule has 0 atom stereocenters. The van der Waals surface area contributed by atoms with E-state index in [0.29, 0.717) is 36.2 Å². The molecule has 0 aromatic heterocycles. The van der Waals surface area contributed by atoms with Crippen molar-refractivity contribution in [1.82, 2.24) is 0 Å². The number of hydrogen-bond acceptors (Lipinski definition) is 6. The first kappa shape index (κ1) is 26.1. The lowest BCUT2D eigenvalue weighted by atomic mass is 10.0. The van der Waals surface area contributed by atoms with Crippen LogP contribution in [0.4, 0.5) is 24.5 Å². The molecule has 188 valence electrons. The molecule has 10 heteroatoms. The molecule has 0 fully saturated rings. The zero-order valence-corrected chi connectivity index (χ0v) is 18.9. The molecule has 3 aromatic carbocycles. The Morgan fingerprint density at radius 1 is 0.889 bits per heavy atom. The van der Waals surface area contributed by atoms with Crippen LogP contribution in [0.5, 0.6) is 11.5 Å². The number of esters is 1. The largest absolute Gasteiger partial charge is 0.573 e. The van der Waals surface area contributed by atoms with Gasteiger partial charge >= 0.3 is 18.3 Å². The monoisotopic (exact) mass is 500 g/mol. The Kier molecular flexibility index (Phi) is 8.21. The highest BCUT2D eigenvalue weighted by atomic mass is 19.4. The number of rotatable bonds is 9. The van der Waals surface area contributed by atoms with Gasteiger partial charge in [0.15, 0.2) is 0 Å². The minimum atomic E-state index is -4.83. The van der Waals surface area contributed by atoms with Crippen molar-refractivity contribution < 1.29 is 37.3 Å². The lowest BCUT2D eigenvalue weighted by Gasteiger charge is -2.09. The van der Waals surface area contributed by atoms with Crippen molar-refractivity contribution in [2.24, 2.45) is 0 Å². The molecular weight excluding hydrogens is 477 g/mol. The maximum Gasteiger partial charge on any atom is 0.573 e. The van der Waals surface area contributed by atoms with E-state index in [4.69, 9.17) is 16.2 Å². The lowest BCUT2D eigenvalue weighted by Crippen LogP contribution is -2.17. The van der Waals surface area contributed by atoms with Crippen molar-refractivity contribution in [1.29, 1.82) is 0 Å². The normalized spacial score (nSPS) is 11.7. The minimum absolute atomic E-state index is 0.0311. The van der Waals surface area contributed by atoms with E-state index in [1.165, 1.54) is 18.2 Å². The molecule has 0 saturated carbocycles. The van der Waals surface area contributed by atoms with Crippen LogP contribution < -0.4 is 20.9 Å². The Hall–Kier alpha value is -4.47. The van der Waals surface area contributed by atoms with Crippen LogP contribution in [0.1, 0.15) is 34.3 Å². The molecule has 5 N–H and O–H groups in total. The molecule has 0 aliphatic carbocycles. The number of aryl methyl sites for hydroxylation is 1. The molecule has 0 aliphatic rings. The Bertz CT molecular complexity index is 1230. The summed E-state index contributed by atoms with van der Waals surface area (Å²) in [5.74, 6) is -2.09. The fourth-order valence-electron chi connectivity index (χ4n) is 3.41. The van der Waals surface area contributed by atoms with E-state index in [0.717, 1.165) is 29.8 Å². The second-order valence-corrected chi connectivity index (χ2v) is 7.87. The highest BCUT2D eigenvalue weighted by molar-refractivity contribution is 5.92. The topological polar surface area (TPSA) is 125 Å². The highest BCUT2D eigenvalue weighted by Gasteiger charge is 2.31. The average Bonchev–Trinajstić information content (AvgIpc) is 2.78. The fourth-order valence-corrected chi connectivity index (χ4v) is 3.41. The molecule has 3 aromatic rings. The van der Waals surface area contributed by atoms with E-state index in [2.05, 4.69) is 4.74 Å². The first-order valence-corrected chi connectivity index (χ1v) is 10.8. The highest BCUT2D eigenvalue weighted by Crippen LogP contribution is 2.24. The van der Waals surface area contributed by atoms with Crippen molar-refractivity contribution in [3.05, 3.63) is 89.0 Å². The molecule has 0 radical (unpaired) electrons. The number of nitrogens with two attached hydrogens (primary N) is 2. The maximum absolute atomic E-state index is 12.2. The third-order valence-corrected chi connectivity index (χ3v) is 4.98. The molecule has 0 spiro atoms. The molecule has 0 heterocycles. The summed E-state index contributed by atoms with van der Waals surface area (Å²) < 4.78 is 45.7. The van der Waals surface area contributed by atoms with Gasteiger partial charge in [-0.25, -0.2) is 9.59 Å². The maximum atomic E-state index is 12.2. The Morgan fingerprint density at radius 3 is 2.03 bits per heavy atom. The average molecular weight is 500 g/mol. The smallest absolute Gasteiger partial charge is 0.478 e. The number of carbonyl (C=O) groups is 2. The summed E-state index contributed by atoms with van der Waals surface area (Å²) in [6.45, 7) is 0. The van der Waals surface area contributed by atoms with Gasteiger partial charge < -0.3 is 26.0 Å². The van der Waals surface area contributed by atoms with E-state index < -0.39 is 24.1 Å². The zero-order valence-electron chi connectivity index (χ0n) is 18.9. The van der Waals surface area contributed by atoms with Gasteiger partial charge in [-0.1, -0.05) is 12.1 Å². The first-order chi connectivity index (χ1) is 17.0. The van der Waals surface area contributed by atoms with E-state index in [1.807, 2.05) is 0 Å². The van der Waals surface area contributed by atoms with Crippen molar-refractivity contribution in [2.45, 2.75) is 25.6 Å². The van der Waals surface area contributed by atoms with E-state index in [9.17, 15) is 27.9 Å². The van der Waals surface area contributed by atoms with Crippen LogP contribution in [0.15, 0.2) is 72.3 Å². The molecule has 0 unspecified atom stereocenters. The third-order valence-electron chi connectivity index (χ3n) is 4.98. The van der Waals surface area contributed by atoms with E-state index in [-0.39, 0.29) is 16.9 Å². The molecule has 0 aliphatic heterocycles. The van der Waals surface area contributed by atoms with Gasteiger partial charge in [0.25, 0.3) is 0 Å². The zero-order chi connectivity index (χ0) is 26.3. The van der Waals surface area contributed by atoms with Gasteiger partial charge in [-0.05, 0) is 91.1 Å². The second kappa shape index (κ2) is 11.3. The van der Waals surface area contributed by atoms with Crippen LogP contribution in [0, 0.1) is 0 Å². The quantitative estimate of drug-likeness (QED) is 0.154. The predicted molar refractivity (Wildman–Crippen MR) is 128 cm³/mol. The second-order valence-electron chi connectivity index (χ2n) is 7.87. The number of anilines is 2. The number of halogens is 3. The van der Waals surface area contributed by atoms with Crippen LogP contribution in [0.3, 0.4) is 0 Å². The molecule has 7 nitrogen and oxygen atoms in total. The lowest BCUT2D eigenvalue weighted by molar-refractivity contribution is -0.274. The van der Waals surface area contributed by atoms with Gasteiger partial charge in [0.2, 0.25) is 0 Å². The van der Waals surface area contributed by atoms with Crippen LogP contribution in [0.2, 0.25) is 0 Å². The van der Waals surface area contributed by atoms with Crippen molar-refractivity contribution in [3.63, 3.8) is 0 Å². The molecule has 3 rings (SSSR count). The standard InChI is InChI=1S/C26H23F3N2O5/c27-26(28,29)36-23-10-6-18(7-11-23)25(34)35-22-8-4-16(5-9-22)12-19(24(32)33)3-1-2-17-13-20(30)15-21(31)14-17/h4-15H,1-3,30-31H2,(H,32,33)/b19-12+. The predicted octanol–water partition coefficient (Wildman–Crippen LogP) is 5.46. The molecule has 0 saturated heterocycles. The van der Waals surface area contributed by atoms with Gasteiger partial charge in [-0.2, -0.15) is 0 Å². The van der Waals surface area contributed by atoms with Gasteiger partial charge in [0.05, 0.1) is 5.56 Å². The number of benzene rings is 3. The van der Waals surface area contributed by atoms with Crippen molar-refractivity contribution >= 4 is 29.4 Å². The number of carbonyl (C=O) groups excluding carboxylic acids is 1. The summed E-state index contributed by atoms with van der Waals surface area (Å²) in [6, 6.07) is 15.7. The van der Waals surface area contributed by atoms with Gasteiger partial charge in [-0.15, -0.1) is 13.2 Å². The summed E-state index contributed by atoms with van der Waals surface area (Å²) >= 11 is 0. The molecular formula is C26H23F3N2O5. The van der Waals surface area contributed by atoms with E-state index in [1.54, 1.807) is 30.3 Å². The summed E-state index contributed by atoms with van der Waals surface area (Å²) in [6.07, 6.45) is -1.80. The first-order valence-electron chi connectivity index (χ1n) is 10.8. The van der Waals surface area contributed by atoms with E-state index >= 15 is 0 Å². The number of ether oxygens (including phenoxy) is 2. The molecule has 36 heavy (non-hydrogen) atoms. The Balaban J connectivity index is 1.59. The molecule has 0 amide bonds. The number of alkyl halides is 3. The van der Waals surface area contributed by atoms with Crippen molar-refractivity contribution in [3.8, 4) is 11.5 Å². The summed E-state index contributed by atoms with van der Waals surface area (Å²) in [7, 11) is 0. The number of hydrogen-bond donors (Lipinski definition) is 3. The number of nitrogen functional groups attached to an aromatic ring is 2. The van der Waals surface area contributed by atoms with Crippen molar-refractivity contribution in [2.75, 3.05) is 11.5 Å². The minimum Gasteiger partial charge on any atom is -0.478 e. The van der Waals surface area contributed by atoms with Gasteiger partial charge in [0.1, 0.15) is 11.5 Å². The number of aliphatic carboxylic acids is 1. The van der Waals surface area contributed by atoms with Crippen LogP contribution >= 0.6 is 0 Å². The summed E-state index contributed by atoms with van der Waals surface area (Å²) in [5.41, 5.74) is 14.4.